The second kappa shape index (κ2) is 5.52. The fraction of sp³-hybridized carbons (Fsp3) is 0.0909. The van der Waals surface area contributed by atoms with Crippen LogP contribution in [0.4, 0.5) is 17.3 Å². The normalized spacial score (nSPS) is 9.94. The molecule has 0 bridgehead atoms. The van der Waals surface area contributed by atoms with Crippen molar-refractivity contribution < 1.29 is 4.74 Å². The predicted molar refractivity (Wildman–Crippen MR) is 71.1 cm³/mol. The molecule has 1 aromatic carbocycles. The molecule has 18 heavy (non-hydrogen) atoms. The first kappa shape index (κ1) is 12.4. The Balaban J connectivity index is 2.22. The van der Waals surface area contributed by atoms with Crippen LogP contribution in [-0.2, 0) is 0 Å². The zero-order chi connectivity index (χ0) is 13.0. The lowest BCUT2D eigenvalue weighted by molar-refractivity contribution is 0.415. The number of hydrogen-bond acceptors (Lipinski definition) is 6. The molecule has 2 rings (SSSR count). The Bertz CT molecular complexity index is 549. The fourth-order valence-corrected chi connectivity index (χ4v) is 1.58. The van der Waals surface area contributed by atoms with Crippen LogP contribution in [-0.4, -0.2) is 17.1 Å². The molecule has 0 aliphatic carbocycles. The minimum Gasteiger partial charge on any atom is -0.495 e. The molecule has 0 atom stereocenters. The summed E-state index contributed by atoms with van der Waals surface area (Å²) in [5, 5.41) is 3.62. The van der Waals surface area contributed by atoms with Gasteiger partial charge in [-0.05, 0) is 12.1 Å². The van der Waals surface area contributed by atoms with Crippen LogP contribution in [0.15, 0.2) is 30.6 Å². The number of aromatic nitrogens is 2. The number of nitrogens with one attached hydrogen (secondary N) is 2. The van der Waals surface area contributed by atoms with Gasteiger partial charge in [-0.3, -0.25) is 4.98 Å². The molecule has 0 fully saturated rings. The molecule has 0 aliphatic rings. The fourth-order valence-electron chi connectivity index (χ4n) is 1.38. The zero-order valence-electron chi connectivity index (χ0n) is 9.64. The van der Waals surface area contributed by atoms with Gasteiger partial charge in [0.2, 0.25) is 0 Å². The van der Waals surface area contributed by atoms with Gasteiger partial charge < -0.3 is 15.5 Å². The molecule has 1 heterocycles. The number of nitrogen functional groups attached to an aromatic ring is 1. The molecule has 0 amide bonds. The van der Waals surface area contributed by atoms with E-state index in [1.54, 1.807) is 25.4 Å². The van der Waals surface area contributed by atoms with E-state index in [9.17, 15) is 0 Å². The van der Waals surface area contributed by atoms with Crippen molar-refractivity contribution in [2.45, 2.75) is 0 Å². The molecule has 0 aliphatic heterocycles. The summed E-state index contributed by atoms with van der Waals surface area (Å²) in [7, 11) is 1.56. The van der Waals surface area contributed by atoms with E-state index in [4.69, 9.17) is 22.2 Å². The van der Waals surface area contributed by atoms with Crippen LogP contribution in [0.3, 0.4) is 0 Å². The number of benzene rings is 1. The Morgan fingerprint density at radius 1 is 1.28 bits per heavy atom. The quantitative estimate of drug-likeness (QED) is 0.580. The summed E-state index contributed by atoms with van der Waals surface area (Å²) in [4.78, 5) is 8.17. The number of methoxy groups -OCH3 is 1. The molecule has 0 unspecified atom stereocenters. The highest BCUT2D eigenvalue weighted by molar-refractivity contribution is 6.32. The largest absolute Gasteiger partial charge is 0.495 e. The molecule has 6 nitrogen and oxygen atoms in total. The standard InChI is InChI=1S/C11H12ClN5O/c1-18-9-4-7(2-3-8(9)12)15-10-5-14-6-11(16-10)17-13/h2-6H,13H2,1H3,(H2,15,16,17). The van der Waals surface area contributed by atoms with E-state index in [0.717, 1.165) is 5.69 Å². The molecule has 0 radical (unpaired) electrons. The number of hydrogen-bond donors (Lipinski definition) is 3. The molecule has 7 heteroatoms. The molecular formula is C11H12ClN5O. The number of ether oxygens (including phenoxy) is 1. The van der Waals surface area contributed by atoms with Gasteiger partial charge in [0.15, 0.2) is 11.6 Å². The van der Waals surface area contributed by atoms with Crippen molar-refractivity contribution in [2.75, 3.05) is 17.9 Å². The number of nitrogens with zero attached hydrogens (tertiary/aromatic N) is 2. The van der Waals surface area contributed by atoms with E-state index >= 15 is 0 Å². The lowest BCUT2D eigenvalue weighted by Crippen LogP contribution is -2.09. The van der Waals surface area contributed by atoms with Crippen molar-refractivity contribution >= 4 is 28.9 Å². The Hall–Kier alpha value is -2.05. The third kappa shape index (κ3) is 2.79. The lowest BCUT2D eigenvalue weighted by Gasteiger charge is -2.09. The van der Waals surface area contributed by atoms with Gasteiger partial charge in [0, 0.05) is 11.8 Å². The van der Waals surface area contributed by atoms with Crippen LogP contribution >= 0.6 is 11.6 Å². The molecule has 0 saturated carbocycles. The van der Waals surface area contributed by atoms with Crippen LogP contribution in [0.1, 0.15) is 0 Å². The first-order valence-electron chi connectivity index (χ1n) is 5.12. The Labute approximate surface area is 109 Å². The average Bonchev–Trinajstić information content (AvgIpc) is 2.41. The van der Waals surface area contributed by atoms with Gasteiger partial charge in [0.1, 0.15) is 5.75 Å². The maximum Gasteiger partial charge on any atom is 0.160 e. The topological polar surface area (TPSA) is 85.1 Å². The van der Waals surface area contributed by atoms with Gasteiger partial charge in [0.05, 0.1) is 24.5 Å². The van der Waals surface area contributed by atoms with E-state index in [1.165, 1.54) is 6.20 Å². The molecule has 2 aromatic rings. The van der Waals surface area contributed by atoms with E-state index in [2.05, 4.69) is 20.7 Å². The zero-order valence-corrected chi connectivity index (χ0v) is 10.4. The highest BCUT2D eigenvalue weighted by Crippen LogP contribution is 2.28. The summed E-state index contributed by atoms with van der Waals surface area (Å²) < 4.78 is 5.13. The van der Waals surface area contributed by atoms with Gasteiger partial charge in [-0.1, -0.05) is 11.6 Å². The van der Waals surface area contributed by atoms with Crippen LogP contribution in [0.2, 0.25) is 5.02 Å². The van der Waals surface area contributed by atoms with Crippen molar-refractivity contribution in [1.29, 1.82) is 0 Å². The summed E-state index contributed by atoms with van der Waals surface area (Å²) >= 11 is 5.94. The Morgan fingerprint density at radius 3 is 2.78 bits per heavy atom. The monoisotopic (exact) mass is 265 g/mol. The van der Waals surface area contributed by atoms with E-state index in [1.807, 2.05) is 6.07 Å². The van der Waals surface area contributed by atoms with Gasteiger partial charge in [-0.15, -0.1) is 0 Å². The minimum atomic E-state index is 0.473. The predicted octanol–water partition coefficient (Wildman–Crippen LogP) is 2.17. The van der Waals surface area contributed by atoms with Crippen molar-refractivity contribution in [3.05, 3.63) is 35.6 Å². The maximum atomic E-state index is 5.94. The summed E-state index contributed by atoms with van der Waals surface area (Å²) in [6, 6.07) is 5.32. The molecular weight excluding hydrogens is 254 g/mol. The van der Waals surface area contributed by atoms with Crippen LogP contribution in [0.25, 0.3) is 0 Å². The first-order valence-corrected chi connectivity index (χ1v) is 5.50. The molecule has 0 saturated heterocycles. The van der Waals surface area contributed by atoms with Crippen molar-refractivity contribution in [2.24, 2.45) is 5.84 Å². The van der Waals surface area contributed by atoms with Crippen molar-refractivity contribution in [3.63, 3.8) is 0 Å². The van der Waals surface area contributed by atoms with Gasteiger partial charge in [0.25, 0.3) is 0 Å². The van der Waals surface area contributed by atoms with Crippen LogP contribution in [0, 0.1) is 0 Å². The van der Waals surface area contributed by atoms with Gasteiger partial charge in [-0.2, -0.15) is 0 Å². The highest BCUT2D eigenvalue weighted by Gasteiger charge is 2.03. The molecule has 0 spiro atoms. The lowest BCUT2D eigenvalue weighted by atomic mass is 10.3. The average molecular weight is 266 g/mol. The van der Waals surface area contributed by atoms with Crippen molar-refractivity contribution in [1.82, 2.24) is 9.97 Å². The smallest absolute Gasteiger partial charge is 0.160 e. The number of rotatable bonds is 4. The van der Waals surface area contributed by atoms with E-state index in [0.29, 0.717) is 22.4 Å². The second-order valence-corrected chi connectivity index (χ2v) is 3.82. The number of nitrogens with two attached hydrogens (primary N) is 1. The van der Waals surface area contributed by atoms with Crippen molar-refractivity contribution in [3.8, 4) is 5.75 Å². The molecule has 4 N–H and O–H groups in total. The van der Waals surface area contributed by atoms with Crippen LogP contribution < -0.4 is 21.3 Å². The summed E-state index contributed by atoms with van der Waals surface area (Å²) in [6.45, 7) is 0. The maximum absolute atomic E-state index is 5.94. The summed E-state index contributed by atoms with van der Waals surface area (Å²) in [5.74, 6) is 6.88. The third-order valence-corrected chi connectivity index (χ3v) is 2.52. The SMILES string of the molecule is COc1cc(Nc2cncc(NN)n2)ccc1Cl. The molecule has 1 aromatic heterocycles. The van der Waals surface area contributed by atoms with Gasteiger partial charge in [-0.25, -0.2) is 10.8 Å². The summed E-state index contributed by atoms with van der Waals surface area (Å²) in [6.07, 6.45) is 3.11. The first-order chi connectivity index (χ1) is 8.72. The third-order valence-electron chi connectivity index (χ3n) is 2.21. The number of hydrazine groups is 1. The van der Waals surface area contributed by atoms with E-state index in [-0.39, 0.29) is 0 Å². The number of anilines is 3. The Morgan fingerprint density at radius 2 is 2.06 bits per heavy atom. The second-order valence-electron chi connectivity index (χ2n) is 3.41. The molecule has 94 valence electrons. The minimum absolute atomic E-state index is 0.473. The highest BCUT2D eigenvalue weighted by atomic mass is 35.5. The summed E-state index contributed by atoms with van der Waals surface area (Å²) in [5.41, 5.74) is 3.22. The van der Waals surface area contributed by atoms with E-state index < -0.39 is 0 Å². The number of halogens is 1. The van der Waals surface area contributed by atoms with Crippen LogP contribution in [0.5, 0.6) is 5.75 Å². The van der Waals surface area contributed by atoms with Gasteiger partial charge >= 0.3 is 0 Å². The Kier molecular flexibility index (Phi) is 3.81.